The minimum absolute atomic E-state index is 0.119. The second-order valence-electron chi connectivity index (χ2n) is 8.55. The van der Waals surface area contributed by atoms with E-state index in [9.17, 15) is 0 Å². The number of hydrogen-bond acceptors (Lipinski definition) is 0. The highest BCUT2D eigenvalue weighted by Gasteiger charge is 2.45. The fourth-order valence-corrected chi connectivity index (χ4v) is 4.14. The van der Waals surface area contributed by atoms with Crippen molar-refractivity contribution in [3.05, 3.63) is 138 Å². The van der Waals surface area contributed by atoms with Crippen LogP contribution in [0.5, 0.6) is 0 Å². The van der Waals surface area contributed by atoms with Crippen molar-refractivity contribution in [1.82, 2.24) is 0 Å². The molecule has 3 aromatic carbocycles. The maximum absolute atomic E-state index is 2.35. The zero-order valence-corrected chi connectivity index (χ0v) is 17.4. The minimum atomic E-state index is -0.444. The van der Waals surface area contributed by atoms with E-state index >= 15 is 0 Å². The molecule has 144 valence electrons. The Labute approximate surface area is 174 Å². The molecular weight excluding hydrogens is 350 g/mol. The van der Waals surface area contributed by atoms with Gasteiger partial charge in [-0.1, -0.05) is 112 Å². The highest BCUT2D eigenvalue weighted by Crippen LogP contribution is 2.36. The van der Waals surface area contributed by atoms with E-state index in [0.717, 1.165) is 0 Å². The monoisotopic (exact) mass is 378 g/mol. The summed E-state index contributed by atoms with van der Waals surface area (Å²) in [6.07, 6.45) is 4.46. The third-order valence-electron chi connectivity index (χ3n) is 5.66. The van der Waals surface area contributed by atoms with Gasteiger partial charge in [-0.3, -0.25) is 0 Å². The quantitative estimate of drug-likeness (QED) is 0.298. The fourth-order valence-electron chi connectivity index (χ4n) is 4.14. The number of hydrogen-bond donors (Lipinski definition) is 0. The molecule has 0 saturated heterocycles. The average Bonchev–Trinajstić information content (AvgIpc) is 2.76. The van der Waals surface area contributed by atoms with E-state index < -0.39 is 5.54 Å². The molecule has 0 atom stereocenters. The van der Waals surface area contributed by atoms with Gasteiger partial charge < -0.3 is 0 Å². The molecule has 29 heavy (non-hydrogen) atoms. The molecule has 4 rings (SSSR count). The Balaban J connectivity index is 2.06. The average molecular weight is 379 g/mol. The van der Waals surface area contributed by atoms with Crippen LogP contribution in [-0.4, -0.2) is 0 Å². The molecule has 1 heterocycles. The lowest BCUT2D eigenvalue weighted by Crippen LogP contribution is -2.58. The largest absolute Gasteiger partial charge is 0.243 e. The Hall–Kier alpha value is -3.19. The molecule has 0 bridgehead atoms. The first-order chi connectivity index (χ1) is 14.0. The Morgan fingerprint density at radius 3 is 1.10 bits per heavy atom. The van der Waals surface area contributed by atoms with Crippen LogP contribution in [0.3, 0.4) is 0 Å². The molecule has 1 aromatic heterocycles. The summed E-state index contributed by atoms with van der Waals surface area (Å²) in [6.45, 7) is 6.77. The van der Waals surface area contributed by atoms with Gasteiger partial charge in [-0.05, 0) is 11.0 Å². The maximum atomic E-state index is 2.35. The van der Waals surface area contributed by atoms with E-state index in [-0.39, 0.29) is 5.41 Å². The zero-order valence-electron chi connectivity index (χ0n) is 17.4. The Bertz CT molecular complexity index is 947. The van der Waals surface area contributed by atoms with E-state index in [1.807, 2.05) is 0 Å². The summed E-state index contributed by atoms with van der Waals surface area (Å²) >= 11 is 0. The third kappa shape index (κ3) is 3.49. The van der Waals surface area contributed by atoms with Crippen LogP contribution in [0.2, 0.25) is 0 Å². The van der Waals surface area contributed by atoms with Crippen molar-refractivity contribution in [2.45, 2.75) is 31.7 Å². The summed E-state index contributed by atoms with van der Waals surface area (Å²) in [6, 6.07) is 36.9. The number of aromatic nitrogens is 1. The molecule has 0 radical (unpaired) electrons. The third-order valence-corrected chi connectivity index (χ3v) is 5.66. The molecule has 0 spiro atoms. The second-order valence-corrected chi connectivity index (χ2v) is 8.55. The van der Waals surface area contributed by atoms with Crippen LogP contribution in [0.25, 0.3) is 0 Å². The van der Waals surface area contributed by atoms with Crippen molar-refractivity contribution in [3.63, 3.8) is 0 Å². The predicted molar refractivity (Wildman–Crippen MR) is 120 cm³/mol. The summed E-state index contributed by atoms with van der Waals surface area (Å²) in [5.74, 6) is 0. The lowest BCUT2D eigenvalue weighted by atomic mass is 9.76. The van der Waals surface area contributed by atoms with Crippen LogP contribution in [0.1, 0.15) is 43.0 Å². The molecule has 1 heteroatoms. The van der Waals surface area contributed by atoms with Crippen molar-refractivity contribution < 1.29 is 4.57 Å². The lowest BCUT2D eigenvalue weighted by molar-refractivity contribution is -0.734. The van der Waals surface area contributed by atoms with Crippen molar-refractivity contribution >= 4 is 0 Å². The van der Waals surface area contributed by atoms with E-state index in [1.165, 1.54) is 22.3 Å². The molecule has 0 aliphatic heterocycles. The molecule has 0 amide bonds. The fraction of sp³-hybridized carbons (Fsp3) is 0.179. The van der Waals surface area contributed by atoms with Crippen molar-refractivity contribution in [2.75, 3.05) is 0 Å². The predicted octanol–water partition coefficient (Wildman–Crippen LogP) is 6.11. The van der Waals surface area contributed by atoms with Gasteiger partial charge in [0.25, 0.3) is 0 Å². The lowest BCUT2D eigenvalue weighted by Gasteiger charge is -2.31. The second kappa shape index (κ2) is 7.67. The molecule has 0 unspecified atom stereocenters. The van der Waals surface area contributed by atoms with Gasteiger partial charge in [0.2, 0.25) is 5.54 Å². The van der Waals surface area contributed by atoms with Crippen molar-refractivity contribution in [1.29, 1.82) is 0 Å². The molecule has 0 fully saturated rings. The molecule has 1 nitrogen and oxygen atoms in total. The first kappa shape index (κ1) is 19.1. The zero-order chi connectivity index (χ0) is 20.3. The van der Waals surface area contributed by atoms with Gasteiger partial charge in [0.1, 0.15) is 0 Å². The van der Waals surface area contributed by atoms with Crippen LogP contribution in [0, 0.1) is 0 Å². The standard InChI is InChI=1S/C28H28N/c1-27(2,3)23-19-21-29(22-20-23)28(24-13-7-4-8-14-24,25-15-9-5-10-16-25)26-17-11-6-12-18-26/h4-22H,1-3H3/q+1. The molecule has 0 N–H and O–H groups in total. The van der Waals surface area contributed by atoms with Crippen LogP contribution >= 0.6 is 0 Å². The van der Waals surface area contributed by atoms with Gasteiger partial charge in [-0.2, -0.15) is 4.57 Å². The van der Waals surface area contributed by atoms with Gasteiger partial charge in [0, 0.05) is 28.8 Å². The Morgan fingerprint density at radius 2 is 0.793 bits per heavy atom. The van der Waals surface area contributed by atoms with Gasteiger partial charge in [0.15, 0.2) is 12.4 Å². The number of nitrogens with zero attached hydrogens (tertiary/aromatic N) is 1. The molecule has 0 saturated carbocycles. The van der Waals surface area contributed by atoms with Gasteiger partial charge in [0.05, 0.1) is 0 Å². The number of pyridine rings is 1. The molecule has 4 aromatic rings. The van der Waals surface area contributed by atoms with Crippen molar-refractivity contribution in [3.8, 4) is 0 Å². The van der Waals surface area contributed by atoms with E-state index in [1.54, 1.807) is 0 Å². The van der Waals surface area contributed by atoms with Crippen LogP contribution < -0.4 is 4.57 Å². The first-order valence-electron chi connectivity index (χ1n) is 10.2. The van der Waals surface area contributed by atoms with Gasteiger partial charge in [-0.25, -0.2) is 0 Å². The van der Waals surface area contributed by atoms with E-state index in [0.29, 0.717) is 0 Å². The maximum Gasteiger partial charge on any atom is 0.243 e. The Kier molecular flexibility index (Phi) is 5.07. The first-order valence-corrected chi connectivity index (χ1v) is 10.2. The summed E-state index contributed by atoms with van der Waals surface area (Å²) < 4.78 is 2.35. The van der Waals surface area contributed by atoms with Crippen LogP contribution in [0.15, 0.2) is 116 Å². The summed E-state index contributed by atoms with van der Waals surface area (Å²) in [5, 5.41) is 0. The molecule has 0 aliphatic rings. The molecule has 0 aliphatic carbocycles. The van der Waals surface area contributed by atoms with Crippen LogP contribution in [0.4, 0.5) is 0 Å². The minimum Gasteiger partial charge on any atom is -0.187 e. The van der Waals surface area contributed by atoms with Gasteiger partial charge >= 0.3 is 0 Å². The summed E-state index contributed by atoms with van der Waals surface area (Å²) in [5.41, 5.74) is 4.73. The topological polar surface area (TPSA) is 3.88 Å². The SMILES string of the molecule is CC(C)(C)c1cc[n+](C(c2ccccc2)(c2ccccc2)c2ccccc2)cc1. The van der Waals surface area contributed by atoms with Crippen LogP contribution in [-0.2, 0) is 11.0 Å². The summed E-state index contributed by atoms with van der Waals surface area (Å²) in [7, 11) is 0. The highest BCUT2D eigenvalue weighted by molar-refractivity contribution is 5.46. The number of rotatable bonds is 4. The van der Waals surface area contributed by atoms with E-state index in [4.69, 9.17) is 0 Å². The van der Waals surface area contributed by atoms with Gasteiger partial charge in [-0.15, -0.1) is 0 Å². The highest BCUT2D eigenvalue weighted by atomic mass is 15.0. The number of benzene rings is 3. The van der Waals surface area contributed by atoms with Crippen molar-refractivity contribution in [2.24, 2.45) is 0 Å². The normalized spacial score (nSPS) is 12.0. The summed E-state index contributed by atoms with van der Waals surface area (Å²) in [4.78, 5) is 0. The molecular formula is C28H28N+. The van der Waals surface area contributed by atoms with E-state index in [2.05, 4.69) is 141 Å². The Morgan fingerprint density at radius 1 is 0.448 bits per heavy atom. The smallest absolute Gasteiger partial charge is 0.187 e.